The maximum atomic E-state index is 13.4. The zero-order chi connectivity index (χ0) is 20.7. The topological polar surface area (TPSA) is 79.3 Å². The number of benzene rings is 1. The summed E-state index contributed by atoms with van der Waals surface area (Å²) < 4.78 is 28.4. The molecular formula is C22H25N5O2S. The first-order chi connectivity index (χ1) is 14.5. The molecule has 0 radical (unpaired) electrons. The van der Waals surface area contributed by atoms with Gasteiger partial charge >= 0.3 is 0 Å². The molecule has 1 aromatic carbocycles. The van der Waals surface area contributed by atoms with Gasteiger partial charge in [-0.3, -0.25) is 4.98 Å². The van der Waals surface area contributed by atoms with E-state index < -0.39 is 10.0 Å². The Kier molecular flexibility index (Phi) is 4.91. The third-order valence-corrected chi connectivity index (χ3v) is 7.95. The first-order valence-corrected chi connectivity index (χ1v) is 11.9. The van der Waals surface area contributed by atoms with Gasteiger partial charge in [0.2, 0.25) is 10.0 Å². The number of sulfonamides is 1. The van der Waals surface area contributed by atoms with Crippen molar-refractivity contribution < 1.29 is 8.42 Å². The Bertz CT molecular complexity index is 1170. The summed E-state index contributed by atoms with van der Waals surface area (Å²) in [7, 11) is -3.59. The number of anilines is 1. The van der Waals surface area contributed by atoms with Crippen molar-refractivity contribution in [3.8, 4) is 0 Å². The molecule has 1 saturated heterocycles. The molecule has 3 aromatic rings. The standard InChI is InChI=1S/C22H25N5O2S/c1-16-14-21(25-15-24-16)27(18-7-8-18)19-9-12-26(13-10-19)30(28,29)20-6-2-4-17-5-3-11-23-22(17)20/h2-6,11,14-15,18-19H,7-10,12-13H2,1H3. The number of aromatic nitrogens is 3. The van der Waals surface area contributed by atoms with Crippen molar-refractivity contribution in [2.75, 3.05) is 18.0 Å². The fraction of sp³-hybridized carbons (Fsp3) is 0.409. The fourth-order valence-corrected chi connectivity index (χ4v) is 6.03. The Morgan fingerprint density at radius 1 is 0.967 bits per heavy atom. The Balaban J connectivity index is 1.37. The van der Waals surface area contributed by atoms with Gasteiger partial charge in [-0.05, 0) is 44.7 Å². The van der Waals surface area contributed by atoms with Crippen molar-refractivity contribution >= 4 is 26.7 Å². The maximum absolute atomic E-state index is 13.4. The second kappa shape index (κ2) is 7.59. The van der Waals surface area contributed by atoms with Crippen molar-refractivity contribution in [2.45, 2.75) is 49.6 Å². The molecule has 0 atom stereocenters. The maximum Gasteiger partial charge on any atom is 0.245 e. The molecule has 7 nitrogen and oxygen atoms in total. The van der Waals surface area contributed by atoms with Crippen molar-refractivity contribution in [1.29, 1.82) is 0 Å². The molecule has 30 heavy (non-hydrogen) atoms. The van der Waals surface area contributed by atoms with Crippen LogP contribution in [0.5, 0.6) is 0 Å². The minimum Gasteiger partial charge on any atom is -0.350 e. The van der Waals surface area contributed by atoms with E-state index in [0.717, 1.165) is 29.7 Å². The van der Waals surface area contributed by atoms with Gasteiger partial charge in [0.05, 0.1) is 5.52 Å². The second-order valence-electron chi connectivity index (χ2n) is 8.12. The number of piperidine rings is 1. The number of nitrogens with zero attached hydrogens (tertiary/aromatic N) is 5. The summed E-state index contributed by atoms with van der Waals surface area (Å²) in [5, 5.41) is 0.840. The van der Waals surface area contributed by atoms with Crippen LogP contribution in [-0.2, 0) is 10.0 Å². The number of aryl methyl sites for hydroxylation is 1. The van der Waals surface area contributed by atoms with Crippen LogP contribution in [0.2, 0.25) is 0 Å². The first kappa shape index (κ1) is 19.4. The number of hydrogen-bond donors (Lipinski definition) is 0. The van der Waals surface area contributed by atoms with Gasteiger partial charge in [0.1, 0.15) is 17.0 Å². The van der Waals surface area contributed by atoms with Crippen LogP contribution in [0.4, 0.5) is 5.82 Å². The Labute approximate surface area is 176 Å². The molecule has 5 rings (SSSR count). The largest absolute Gasteiger partial charge is 0.350 e. The Morgan fingerprint density at radius 2 is 1.70 bits per heavy atom. The summed E-state index contributed by atoms with van der Waals surface area (Å²) in [5.41, 5.74) is 1.49. The Morgan fingerprint density at radius 3 is 2.43 bits per heavy atom. The molecule has 8 heteroatoms. The summed E-state index contributed by atoms with van der Waals surface area (Å²) in [6.45, 7) is 2.98. The molecule has 156 valence electrons. The number of fused-ring (bicyclic) bond motifs is 1. The van der Waals surface area contributed by atoms with Gasteiger partial charge in [0.25, 0.3) is 0 Å². The summed E-state index contributed by atoms with van der Waals surface area (Å²) in [5.74, 6) is 0.963. The van der Waals surface area contributed by atoms with Gasteiger partial charge in [-0.2, -0.15) is 4.31 Å². The highest BCUT2D eigenvalue weighted by Crippen LogP contribution is 2.36. The van der Waals surface area contributed by atoms with Gasteiger partial charge in [-0.15, -0.1) is 0 Å². The van der Waals surface area contributed by atoms with Gasteiger partial charge in [0.15, 0.2) is 0 Å². The summed E-state index contributed by atoms with van der Waals surface area (Å²) in [4.78, 5) is 15.8. The lowest BCUT2D eigenvalue weighted by Gasteiger charge is -2.39. The highest BCUT2D eigenvalue weighted by molar-refractivity contribution is 7.89. The van der Waals surface area contributed by atoms with Gasteiger partial charge in [0, 0.05) is 48.5 Å². The number of para-hydroxylation sites is 1. The Hall–Kier alpha value is -2.58. The quantitative estimate of drug-likeness (QED) is 0.627. The highest BCUT2D eigenvalue weighted by atomic mass is 32.2. The summed E-state index contributed by atoms with van der Waals surface area (Å²) in [6.07, 6.45) is 7.18. The van der Waals surface area contributed by atoms with E-state index in [2.05, 4.69) is 19.9 Å². The van der Waals surface area contributed by atoms with E-state index in [1.807, 2.05) is 31.2 Å². The van der Waals surface area contributed by atoms with Crippen LogP contribution >= 0.6 is 0 Å². The van der Waals surface area contributed by atoms with Crippen LogP contribution < -0.4 is 4.90 Å². The first-order valence-electron chi connectivity index (χ1n) is 10.4. The van der Waals surface area contributed by atoms with Crippen LogP contribution in [0.3, 0.4) is 0 Å². The van der Waals surface area contributed by atoms with Crippen LogP contribution in [0, 0.1) is 6.92 Å². The number of rotatable bonds is 5. The molecule has 1 saturated carbocycles. The normalized spacial score (nSPS) is 18.6. The predicted octanol–water partition coefficient (Wildman–Crippen LogP) is 3.16. The van der Waals surface area contributed by atoms with Gasteiger partial charge in [-0.25, -0.2) is 18.4 Å². The third kappa shape index (κ3) is 3.54. The monoisotopic (exact) mass is 423 g/mol. The van der Waals surface area contributed by atoms with E-state index in [0.29, 0.717) is 35.6 Å². The van der Waals surface area contributed by atoms with Crippen molar-refractivity contribution in [1.82, 2.24) is 19.3 Å². The smallest absolute Gasteiger partial charge is 0.245 e. The van der Waals surface area contributed by atoms with Crippen molar-refractivity contribution in [3.63, 3.8) is 0 Å². The minimum atomic E-state index is -3.59. The average Bonchev–Trinajstić information content (AvgIpc) is 3.59. The number of hydrogen-bond acceptors (Lipinski definition) is 6. The lowest BCUT2D eigenvalue weighted by Crippen LogP contribution is -2.48. The van der Waals surface area contributed by atoms with E-state index in [1.54, 1.807) is 29.0 Å². The lowest BCUT2D eigenvalue weighted by atomic mass is 10.0. The zero-order valence-corrected chi connectivity index (χ0v) is 17.8. The molecular weight excluding hydrogens is 398 g/mol. The molecule has 2 aliphatic rings. The molecule has 0 amide bonds. The molecule has 2 aromatic heterocycles. The third-order valence-electron chi connectivity index (χ3n) is 6.02. The molecule has 0 bridgehead atoms. The molecule has 0 unspecified atom stereocenters. The minimum absolute atomic E-state index is 0.295. The molecule has 0 N–H and O–H groups in total. The molecule has 0 spiro atoms. The summed E-state index contributed by atoms with van der Waals surface area (Å²) in [6, 6.07) is 11.9. The zero-order valence-electron chi connectivity index (χ0n) is 17.0. The fourth-order valence-electron chi connectivity index (χ4n) is 4.39. The van der Waals surface area contributed by atoms with Crippen LogP contribution in [0.25, 0.3) is 10.9 Å². The van der Waals surface area contributed by atoms with Crippen LogP contribution in [-0.4, -0.2) is 52.8 Å². The number of pyridine rings is 1. The summed E-state index contributed by atoms with van der Waals surface area (Å²) >= 11 is 0. The molecule has 1 aliphatic carbocycles. The van der Waals surface area contributed by atoms with E-state index in [-0.39, 0.29) is 0 Å². The molecule has 3 heterocycles. The van der Waals surface area contributed by atoms with E-state index >= 15 is 0 Å². The van der Waals surface area contributed by atoms with Gasteiger partial charge < -0.3 is 4.90 Å². The second-order valence-corrected chi connectivity index (χ2v) is 10.0. The highest BCUT2D eigenvalue weighted by Gasteiger charge is 2.38. The van der Waals surface area contributed by atoms with Crippen LogP contribution in [0.1, 0.15) is 31.4 Å². The molecule has 2 fully saturated rings. The van der Waals surface area contributed by atoms with E-state index in [4.69, 9.17) is 0 Å². The lowest BCUT2D eigenvalue weighted by molar-refractivity contribution is 0.308. The average molecular weight is 424 g/mol. The van der Waals surface area contributed by atoms with Gasteiger partial charge in [-0.1, -0.05) is 18.2 Å². The van der Waals surface area contributed by atoms with E-state index in [9.17, 15) is 8.42 Å². The molecule has 1 aliphatic heterocycles. The predicted molar refractivity (Wildman–Crippen MR) is 116 cm³/mol. The van der Waals surface area contributed by atoms with E-state index in [1.165, 1.54) is 12.8 Å². The van der Waals surface area contributed by atoms with Crippen LogP contribution in [0.15, 0.2) is 53.8 Å². The van der Waals surface area contributed by atoms with Crippen molar-refractivity contribution in [3.05, 3.63) is 54.6 Å². The van der Waals surface area contributed by atoms with Crippen molar-refractivity contribution in [2.24, 2.45) is 0 Å². The SMILES string of the molecule is Cc1cc(N(C2CC2)C2CCN(S(=O)(=O)c3cccc4cccnc34)CC2)ncn1.